The first kappa shape index (κ1) is 72.8. The van der Waals surface area contributed by atoms with E-state index in [9.17, 15) is 19.0 Å². The largest absolute Gasteiger partial charge is 0.472 e. The van der Waals surface area contributed by atoms with Crippen LogP contribution in [0.15, 0.2) is 194 Å². The minimum atomic E-state index is -4.43. The van der Waals surface area contributed by atoms with Gasteiger partial charge in [-0.3, -0.25) is 18.6 Å². The van der Waals surface area contributed by atoms with Gasteiger partial charge in [0.05, 0.1) is 27.7 Å². The quantitative estimate of drug-likeness (QED) is 0.0211. The number of carbonyl (C=O) groups is 2. The van der Waals surface area contributed by atoms with Gasteiger partial charge in [0.15, 0.2) is 6.10 Å². The molecule has 2 atom stereocenters. The van der Waals surface area contributed by atoms with Crippen LogP contribution in [-0.2, 0) is 32.7 Å². The maximum absolute atomic E-state index is 12.8. The Morgan fingerprint density at radius 2 is 0.705 bits per heavy atom. The zero-order valence-electron chi connectivity index (χ0n) is 49.1. The lowest BCUT2D eigenvalue weighted by molar-refractivity contribution is -0.870. The lowest BCUT2D eigenvalue weighted by Crippen LogP contribution is -2.37. The molecule has 434 valence electrons. The normalized spacial score (nSPS) is 14.7. The van der Waals surface area contributed by atoms with E-state index in [1.807, 2.05) is 27.2 Å². The first-order chi connectivity index (χ1) is 38.0. The van der Waals surface area contributed by atoms with Gasteiger partial charge in [0, 0.05) is 12.8 Å². The molecule has 78 heavy (non-hydrogen) atoms. The van der Waals surface area contributed by atoms with Crippen molar-refractivity contribution in [1.29, 1.82) is 0 Å². The number of quaternary nitrogens is 1. The van der Waals surface area contributed by atoms with Crippen molar-refractivity contribution in [1.82, 2.24) is 0 Å². The van der Waals surface area contributed by atoms with E-state index in [0.717, 1.165) is 122 Å². The van der Waals surface area contributed by atoms with Gasteiger partial charge in [0.25, 0.3) is 0 Å². The van der Waals surface area contributed by atoms with E-state index in [2.05, 4.69) is 202 Å². The van der Waals surface area contributed by atoms with Gasteiger partial charge in [-0.25, -0.2) is 4.57 Å². The molecule has 0 heterocycles. The maximum Gasteiger partial charge on any atom is 0.472 e. The Labute approximate surface area is 475 Å². The monoisotopic (exact) mass is 1090 g/mol. The average molecular weight is 1100 g/mol. The number of allylic oxidation sites excluding steroid dienone is 32. The van der Waals surface area contributed by atoms with Gasteiger partial charge in [-0.2, -0.15) is 0 Å². The van der Waals surface area contributed by atoms with E-state index in [1.165, 1.54) is 0 Å². The molecule has 0 aromatic rings. The van der Waals surface area contributed by atoms with Crippen molar-refractivity contribution in [3.05, 3.63) is 194 Å². The van der Waals surface area contributed by atoms with Crippen molar-refractivity contribution in [2.45, 2.75) is 174 Å². The Kier molecular flexibility index (Phi) is 52.8. The summed E-state index contributed by atoms with van der Waals surface area (Å²) in [5.41, 5.74) is 0. The number of phosphoric ester groups is 1. The number of esters is 2. The summed E-state index contributed by atoms with van der Waals surface area (Å²) in [6, 6.07) is 0. The number of hydrogen-bond acceptors (Lipinski definition) is 7. The third kappa shape index (κ3) is 60.1. The molecule has 0 aliphatic heterocycles. The van der Waals surface area contributed by atoms with E-state index >= 15 is 0 Å². The van der Waals surface area contributed by atoms with Crippen LogP contribution >= 0.6 is 7.82 Å². The van der Waals surface area contributed by atoms with Crippen LogP contribution in [-0.4, -0.2) is 74.9 Å². The molecule has 2 unspecified atom stereocenters. The molecule has 0 amide bonds. The van der Waals surface area contributed by atoms with E-state index in [-0.39, 0.29) is 26.1 Å². The van der Waals surface area contributed by atoms with Gasteiger partial charge in [-0.1, -0.05) is 215 Å². The Morgan fingerprint density at radius 3 is 1.04 bits per heavy atom. The van der Waals surface area contributed by atoms with Gasteiger partial charge < -0.3 is 18.9 Å². The molecule has 0 bridgehead atoms. The molecule has 0 fully saturated rings. The van der Waals surface area contributed by atoms with Crippen molar-refractivity contribution in [2.24, 2.45) is 0 Å². The van der Waals surface area contributed by atoms with E-state index in [4.69, 9.17) is 18.5 Å². The van der Waals surface area contributed by atoms with Crippen LogP contribution in [0.4, 0.5) is 0 Å². The summed E-state index contributed by atoms with van der Waals surface area (Å²) in [6.07, 6.45) is 89.4. The zero-order valence-corrected chi connectivity index (χ0v) is 49.9. The summed E-state index contributed by atoms with van der Waals surface area (Å²) >= 11 is 0. The average Bonchev–Trinajstić information content (AvgIpc) is 3.41. The lowest BCUT2D eigenvalue weighted by Gasteiger charge is -2.24. The number of ether oxygens (including phenoxy) is 2. The second-order valence-corrected chi connectivity index (χ2v) is 21.0. The first-order valence-electron chi connectivity index (χ1n) is 29.2. The molecule has 0 aromatic heterocycles. The molecule has 0 aliphatic carbocycles. The Morgan fingerprint density at radius 1 is 0.397 bits per heavy atom. The second kappa shape index (κ2) is 56.6. The minimum Gasteiger partial charge on any atom is -0.462 e. The number of phosphoric acid groups is 1. The van der Waals surface area contributed by atoms with E-state index in [1.54, 1.807) is 0 Å². The molecule has 0 spiro atoms. The van der Waals surface area contributed by atoms with Gasteiger partial charge in [-0.05, 0) is 135 Å². The Bertz CT molecular complexity index is 2010. The van der Waals surface area contributed by atoms with E-state index < -0.39 is 32.5 Å². The standard InChI is InChI=1S/C68H104NO8P/c1-6-8-10-12-14-16-18-20-22-24-26-28-30-32-33-34-35-37-39-41-43-45-47-49-51-53-55-57-59-61-68(71)77-66(65-76-78(72,73)75-63-62-69(3,4)5)64-74-67(70)60-58-56-54-52-50-48-46-44-42-40-38-36-31-29-27-25-23-21-19-17-15-13-11-9-7-2/h8-11,14-17,20-23,26-29,32-33,35-38,41-44,47-50,53,55,66H,6-7,12-13,18-19,24-25,30-31,34,39-40,45-46,51-52,54,56-65H2,1-5H3/p+1/b10-8-,11-9-,16-14-,17-15-,22-20-,23-21-,28-26-,29-27-,33-32-,37-35-,38-36-,43-41-,44-42-,49-47-,50-48-,55-53-. The minimum absolute atomic E-state index is 0.00206. The van der Waals surface area contributed by atoms with Crippen LogP contribution in [0.1, 0.15) is 168 Å². The topological polar surface area (TPSA) is 108 Å². The van der Waals surface area contributed by atoms with Gasteiger partial charge in [0.1, 0.15) is 19.8 Å². The summed E-state index contributed by atoms with van der Waals surface area (Å²) in [5.74, 6) is -0.928. The molecule has 0 aromatic carbocycles. The fourth-order valence-corrected chi connectivity index (χ4v) is 7.44. The lowest BCUT2D eigenvalue weighted by atomic mass is 10.1. The highest BCUT2D eigenvalue weighted by Gasteiger charge is 2.27. The fraction of sp³-hybridized carbons (Fsp3) is 0.500. The Hall–Kier alpha value is -5.15. The van der Waals surface area contributed by atoms with Crippen LogP contribution in [0.2, 0.25) is 0 Å². The van der Waals surface area contributed by atoms with Crippen LogP contribution in [0.25, 0.3) is 0 Å². The number of unbranched alkanes of at least 4 members (excludes halogenated alkanes) is 4. The summed E-state index contributed by atoms with van der Waals surface area (Å²) in [6.45, 7) is 4.05. The molecule has 0 saturated carbocycles. The SMILES string of the molecule is CC/C=C\C/C=C\C/C=C\C/C=C\C/C=C\C/C=C\C/C=C\C/C=C\C/C=C\CCCC(=O)OC(COC(=O)CCCCC/C=C\C/C=C\C/C=C\C/C=C\C/C=C\C/C=C\C/C=C\CC)COP(=O)(O)OCC[N+](C)(C)C. The van der Waals surface area contributed by atoms with Gasteiger partial charge in [-0.15, -0.1) is 0 Å². The molecular weight excluding hydrogens is 990 g/mol. The number of nitrogens with zero attached hydrogens (tertiary/aromatic N) is 1. The van der Waals surface area contributed by atoms with Crippen molar-refractivity contribution < 1.29 is 42.1 Å². The number of carbonyl (C=O) groups excluding carboxylic acids is 2. The van der Waals surface area contributed by atoms with Gasteiger partial charge in [0.2, 0.25) is 0 Å². The second-order valence-electron chi connectivity index (χ2n) is 19.6. The van der Waals surface area contributed by atoms with Crippen molar-refractivity contribution in [3.8, 4) is 0 Å². The summed E-state index contributed by atoms with van der Waals surface area (Å²) in [7, 11) is 1.38. The molecule has 10 heteroatoms. The molecule has 0 radical (unpaired) electrons. The molecular formula is C68H105NO8P+. The van der Waals surface area contributed by atoms with Crippen molar-refractivity contribution in [2.75, 3.05) is 47.5 Å². The summed E-state index contributed by atoms with van der Waals surface area (Å²) in [4.78, 5) is 35.7. The predicted octanol–water partition coefficient (Wildman–Crippen LogP) is 18.6. The number of rotatable bonds is 50. The van der Waals surface area contributed by atoms with Crippen molar-refractivity contribution in [3.63, 3.8) is 0 Å². The van der Waals surface area contributed by atoms with Crippen LogP contribution in [0, 0.1) is 0 Å². The Balaban J connectivity index is 4.43. The smallest absolute Gasteiger partial charge is 0.462 e. The highest BCUT2D eigenvalue weighted by Crippen LogP contribution is 2.43. The van der Waals surface area contributed by atoms with Crippen molar-refractivity contribution >= 4 is 19.8 Å². The maximum atomic E-state index is 12.8. The number of likely N-dealkylation sites (N-methyl/N-ethyl adjacent to an activating group) is 1. The van der Waals surface area contributed by atoms with E-state index in [0.29, 0.717) is 30.3 Å². The summed E-state index contributed by atoms with van der Waals surface area (Å²) in [5, 5.41) is 0. The van der Waals surface area contributed by atoms with Gasteiger partial charge >= 0.3 is 19.8 Å². The molecule has 0 rings (SSSR count). The third-order valence-corrected chi connectivity index (χ3v) is 12.1. The molecule has 1 N–H and O–H groups in total. The van der Waals surface area contributed by atoms with Crippen LogP contribution < -0.4 is 0 Å². The molecule has 0 saturated heterocycles. The molecule has 9 nitrogen and oxygen atoms in total. The number of hydrogen-bond donors (Lipinski definition) is 1. The fourth-order valence-electron chi connectivity index (χ4n) is 6.70. The summed E-state index contributed by atoms with van der Waals surface area (Å²) < 4.78 is 34.4. The third-order valence-electron chi connectivity index (χ3n) is 11.1. The first-order valence-corrected chi connectivity index (χ1v) is 30.7. The van der Waals surface area contributed by atoms with Crippen LogP contribution in [0.5, 0.6) is 0 Å². The zero-order chi connectivity index (χ0) is 57.0. The predicted molar refractivity (Wildman–Crippen MR) is 334 cm³/mol. The van der Waals surface area contributed by atoms with Crippen LogP contribution in [0.3, 0.4) is 0 Å². The molecule has 0 aliphatic rings. The highest BCUT2D eigenvalue weighted by atomic mass is 31.2. The highest BCUT2D eigenvalue weighted by molar-refractivity contribution is 7.47.